The maximum atomic E-state index is 10.4. The van der Waals surface area contributed by atoms with Gasteiger partial charge < -0.3 is 15.2 Å². The lowest BCUT2D eigenvalue weighted by atomic mass is 10.1. The van der Waals surface area contributed by atoms with E-state index in [1.807, 2.05) is 13.0 Å². The van der Waals surface area contributed by atoms with Crippen LogP contribution in [-0.2, 0) is 11.3 Å². The largest absolute Gasteiger partial charge is 0.388 e. The Labute approximate surface area is 126 Å². The van der Waals surface area contributed by atoms with E-state index in [0.29, 0.717) is 13.1 Å². The van der Waals surface area contributed by atoms with E-state index in [2.05, 4.69) is 32.2 Å². The van der Waals surface area contributed by atoms with Crippen LogP contribution < -0.4 is 5.32 Å². The molecule has 0 bridgehead atoms. The van der Waals surface area contributed by atoms with Crippen molar-refractivity contribution in [3.8, 4) is 0 Å². The fourth-order valence-corrected chi connectivity index (χ4v) is 3.65. The molecule has 0 saturated carbocycles. The van der Waals surface area contributed by atoms with Crippen molar-refractivity contribution >= 4 is 27.3 Å². The van der Waals surface area contributed by atoms with Crippen LogP contribution >= 0.6 is 27.3 Å². The van der Waals surface area contributed by atoms with Gasteiger partial charge >= 0.3 is 0 Å². The van der Waals surface area contributed by atoms with Crippen molar-refractivity contribution in [3.05, 3.63) is 20.8 Å². The van der Waals surface area contributed by atoms with Crippen LogP contribution in [0.3, 0.4) is 0 Å². The second kappa shape index (κ2) is 7.15. The van der Waals surface area contributed by atoms with Crippen LogP contribution in [-0.4, -0.2) is 55.0 Å². The average molecular weight is 349 g/mol. The second-order valence-corrected chi connectivity index (χ2v) is 7.74. The van der Waals surface area contributed by atoms with Crippen molar-refractivity contribution in [2.45, 2.75) is 19.1 Å². The first kappa shape index (κ1) is 15.4. The molecule has 1 aromatic heterocycles. The van der Waals surface area contributed by atoms with Gasteiger partial charge in [0.1, 0.15) is 0 Å². The Balaban J connectivity index is 1.70. The van der Waals surface area contributed by atoms with Gasteiger partial charge in [0, 0.05) is 37.6 Å². The van der Waals surface area contributed by atoms with Gasteiger partial charge in [-0.2, -0.15) is 0 Å². The third-order valence-corrected chi connectivity index (χ3v) is 4.73. The lowest BCUT2D eigenvalue weighted by Crippen LogP contribution is -2.50. The van der Waals surface area contributed by atoms with Crippen LogP contribution in [0.5, 0.6) is 0 Å². The zero-order valence-corrected chi connectivity index (χ0v) is 13.6. The Hall–Kier alpha value is 0.0200. The molecule has 4 nitrogen and oxygen atoms in total. The summed E-state index contributed by atoms with van der Waals surface area (Å²) in [7, 11) is 0. The highest BCUT2D eigenvalue weighted by Gasteiger charge is 2.24. The first-order valence-corrected chi connectivity index (χ1v) is 8.13. The van der Waals surface area contributed by atoms with Crippen LogP contribution in [0, 0.1) is 0 Å². The molecule has 1 saturated heterocycles. The maximum Gasteiger partial charge on any atom is 0.0869 e. The van der Waals surface area contributed by atoms with E-state index in [4.69, 9.17) is 4.74 Å². The Morgan fingerprint density at radius 2 is 2.21 bits per heavy atom. The van der Waals surface area contributed by atoms with Gasteiger partial charge in [0.15, 0.2) is 0 Å². The van der Waals surface area contributed by atoms with Gasteiger partial charge in [0.05, 0.1) is 22.6 Å². The number of thiophene rings is 1. The quantitative estimate of drug-likeness (QED) is 0.820. The average Bonchev–Trinajstić information content (AvgIpc) is 2.75. The summed E-state index contributed by atoms with van der Waals surface area (Å²) in [5.41, 5.74) is -0.703. The number of ether oxygens (including phenoxy) is 1. The van der Waals surface area contributed by atoms with Gasteiger partial charge in [-0.05, 0) is 35.0 Å². The number of nitrogens with zero attached hydrogens (tertiary/aromatic N) is 1. The van der Waals surface area contributed by atoms with E-state index in [0.717, 1.165) is 36.6 Å². The fourth-order valence-electron chi connectivity index (χ4n) is 2.20. The van der Waals surface area contributed by atoms with Crippen molar-refractivity contribution in [1.82, 2.24) is 10.2 Å². The van der Waals surface area contributed by atoms with E-state index < -0.39 is 5.60 Å². The number of halogens is 1. The van der Waals surface area contributed by atoms with Gasteiger partial charge in [-0.3, -0.25) is 4.90 Å². The minimum absolute atomic E-state index is 0.597. The van der Waals surface area contributed by atoms with Crippen molar-refractivity contribution in [2.24, 2.45) is 0 Å². The number of nitrogens with one attached hydrogen (secondary N) is 1. The SMILES string of the molecule is CC(O)(CNCc1ccc(Br)s1)CN1CCOCC1. The summed E-state index contributed by atoms with van der Waals surface area (Å²) >= 11 is 5.17. The molecule has 0 aliphatic carbocycles. The molecular weight excluding hydrogens is 328 g/mol. The fraction of sp³-hybridized carbons (Fsp3) is 0.692. The lowest BCUT2D eigenvalue weighted by Gasteiger charge is -2.33. The minimum Gasteiger partial charge on any atom is -0.388 e. The third-order valence-electron chi connectivity index (χ3n) is 3.10. The number of rotatable bonds is 6. The van der Waals surface area contributed by atoms with Crippen molar-refractivity contribution in [1.29, 1.82) is 0 Å². The van der Waals surface area contributed by atoms with E-state index in [-0.39, 0.29) is 0 Å². The highest BCUT2D eigenvalue weighted by Crippen LogP contribution is 2.21. The van der Waals surface area contributed by atoms with Crippen LogP contribution in [0.15, 0.2) is 15.9 Å². The van der Waals surface area contributed by atoms with Crippen molar-refractivity contribution < 1.29 is 9.84 Å². The van der Waals surface area contributed by atoms with Crippen LogP contribution in [0.2, 0.25) is 0 Å². The smallest absolute Gasteiger partial charge is 0.0869 e. The molecule has 1 aliphatic heterocycles. The molecule has 0 spiro atoms. The summed E-state index contributed by atoms with van der Waals surface area (Å²) < 4.78 is 6.46. The first-order valence-electron chi connectivity index (χ1n) is 6.53. The van der Waals surface area contributed by atoms with Crippen LogP contribution in [0.4, 0.5) is 0 Å². The number of hydrogen-bond acceptors (Lipinski definition) is 5. The van der Waals surface area contributed by atoms with Crippen molar-refractivity contribution in [2.75, 3.05) is 39.4 Å². The van der Waals surface area contributed by atoms with Gasteiger partial charge in [-0.15, -0.1) is 11.3 Å². The summed E-state index contributed by atoms with van der Waals surface area (Å²) in [5, 5.41) is 13.7. The standard InChI is InChI=1S/C13H21BrN2O2S/c1-13(17,10-16-4-6-18-7-5-16)9-15-8-11-2-3-12(14)19-11/h2-3,15,17H,4-10H2,1H3. The Bertz CT molecular complexity index is 392. The molecule has 1 unspecified atom stereocenters. The van der Waals surface area contributed by atoms with Gasteiger partial charge in [-0.1, -0.05) is 0 Å². The molecule has 1 aliphatic rings. The van der Waals surface area contributed by atoms with E-state index in [1.165, 1.54) is 4.88 Å². The molecule has 0 amide bonds. The molecule has 19 heavy (non-hydrogen) atoms. The Kier molecular flexibility index (Phi) is 5.80. The molecule has 108 valence electrons. The summed E-state index contributed by atoms with van der Waals surface area (Å²) in [6.07, 6.45) is 0. The normalized spacial score (nSPS) is 20.4. The zero-order valence-electron chi connectivity index (χ0n) is 11.2. The van der Waals surface area contributed by atoms with E-state index >= 15 is 0 Å². The van der Waals surface area contributed by atoms with E-state index in [1.54, 1.807) is 11.3 Å². The lowest BCUT2D eigenvalue weighted by molar-refractivity contribution is -0.0219. The summed E-state index contributed by atoms with van der Waals surface area (Å²) in [5.74, 6) is 0. The number of morpholine rings is 1. The zero-order chi connectivity index (χ0) is 13.7. The molecule has 2 N–H and O–H groups in total. The number of hydrogen-bond donors (Lipinski definition) is 2. The Morgan fingerprint density at radius 3 is 2.84 bits per heavy atom. The van der Waals surface area contributed by atoms with Gasteiger partial charge in [0.25, 0.3) is 0 Å². The van der Waals surface area contributed by atoms with Crippen molar-refractivity contribution in [3.63, 3.8) is 0 Å². The molecule has 1 atom stereocenters. The number of β-amino-alcohol motifs (C(OH)–C–C–N with tert-alkyl or cyclic N) is 1. The predicted molar refractivity (Wildman–Crippen MR) is 81.6 cm³/mol. The molecule has 0 aromatic carbocycles. The summed E-state index contributed by atoms with van der Waals surface area (Å²) in [6.45, 7) is 7.34. The minimum atomic E-state index is -0.703. The highest BCUT2D eigenvalue weighted by atomic mass is 79.9. The monoisotopic (exact) mass is 348 g/mol. The highest BCUT2D eigenvalue weighted by molar-refractivity contribution is 9.11. The summed E-state index contributed by atoms with van der Waals surface area (Å²) in [4.78, 5) is 3.53. The van der Waals surface area contributed by atoms with Gasteiger partial charge in [0.2, 0.25) is 0 Å². The maximum absolute atomic E-state index is 10.4. The molecule has 2 heterocycles. The molecule has 6 heteroatoms. The second-order valence-electron chi connectivity index (χ2n) is 5.19. The van der Waals surface area contributed by atoms with Crippen LogP contribution in [0.25, 0.3) is 0 Å². The predicted octanol–water partition coefficient (Wildman–Crippen LogP) is 1.68. The third kappa shape index (κ3) is 5.49. The molecule has 2 rings (SSSR count). The Morgan fingerprint density at radius 1 is 1.47 bits per heavy atom. The van der Waals surface area contributed by atoms with Crippen LogP contribution in [0.1, 0.15) is 11.8 Å². The summed E-state index contributed by atoms with van der Waals surface area (Å²) in [6, 6.07) is 4.14. The molecule has 1 aromatic rings. The van der Waals surface area contributed by atoms with E-state index in [9.17, 15) is 5.11 Å². The topological polar surface area (TPSA) is 44.7 Å². The molecular formula is C13H21BrN2O2S. The first-order chi connectivity index (χ1) is 9.05. The molecule has 1 fully saturated rings. The number of aliphatic hydroxyl groups is 1. The molecule has 0 radical (unpaired) electrons. The van der Waals surface area contributed by atoms with Gasteiger partial charge in [-0.25, -0.2) is 0 Å².